The van der Waals surface area contributed by atoms with Gasteiger partial charge in [-0.25, -0.2) is 10.2 Å². The third-order valence-electron chi connectivity index (χ3n) is 2.66. The second-order valence-electron chi connectivity index (χ2n) is 4.17. The van der Waals surface area contributed by atoms with E-state index in [0.717, 1.165) is 18.3 Å². The molecule has 0 saturated heterocycles. The maximum absolute atomic E-state index is 11.7. The lowest BCUT2D eigenvalue weighted by Crippen LogP contribution is -2.25. The molecule has 1 heterocycles. The van der Waals surface area contributed by atoms with Gasteiger partial charge in [0.2, 0.25) is 5.88 Å². The normalized spacial score (nSPS) is 10.6. The zero-order valence-electron chi connectivity index (χ0n) is 11.3. The first-order chi connectivity index (χ1) is 10.9. The maximum Gasteiger partial charge on any atom is 0.328 e. The van der Waals surface area contributed by atoms with E-state index >= 15 is 0 Å². The predicted molar refractivity (Wildman–Crippen MR) is 77.5 cm³/mol. The molecule has 4 N–H and O–H groups in total. The van der Waals surface area contributed by atoms with Crippen LogP contribution in [0.1, 0.15) is 15.9 Å². The summed E-state index contributed by atoms with van der Waals surface area (Å²) >= 11 is 0. The average Bonchev–Trinajstić information content (AvgIpc) is 2.49. The van der Waals surface area contributed by atoms with Gasteiger partial charge in [0.25, 0.3) is 17.2 Å². The highest BCUT2D eigenvalue weighted by Gasteiger charge is 2.09. The molecule has 0 saturated carbocycles. The first-order valence-electron chi connectivity index (χ1n) is 6.02. The summed E-state index contributed by atoms with van der Waals surface area (Å²) in [6, 6.07) is 4.76. The molecule has 2 rings (SSSR count). The van der Waals surface area contributed by atoms with Crippen molar-refractivity contribution in [2.45, 2.75) is 0 Å². The number of carbonyl (C=O) groups excluding carboxylic acids is 1. The van der Waals surface area contributed by atoms with Crippen LogP contribution in [0.25, 0.3) is 0 Å². The number of nitro benzene ring substituents is 1. The minimum absolute atomic E-state index is 0.104. The van der Waals surface area contributed by atoms with Crippen LogP contribution >= 0.6 is 0 Å². The first-order valence-corrected chi connectivity index (χ1v) is 6.02. The number of amides is 1. The van der Waals surface area contributed by atoms with Crippen LogP contribution in [0.15, 0.2) is 39.0 Å². The van der Waals surface area contributed by atoms with Crippen molar-refractivity contribution in [1.82, 2.24) is 15.4 Å². The van der Waals surface area contributed by atoms with Crippen molar-refractivity contribution in [3.05, 3.63) is 66.3 Å². The Balaban J connectivity index is 2.11. The minimum Gasteiger partial charge on any atom is -0.494 e. The van der Waals surface area contributed by atoms with Crippen LogP contribution in [-0.4, -0.2) is 32.1 Å². The number of nitrogens with zero attached hydrogens (tertiary/aromatic N) is 2. The number of aromatic amines is 2. The standard InChI is InChI=1S/C12H9N5O6/c18-9(6-1-3-7(4-2-6)17(22)23)16-13-5-8-10(19)14-12(21)15-11(8)20/h1-5H,(H,16,18)(H3,14,15,19,20,21)/b13-5-. The Morgan fingerprint density at radius 2 is 1.91 bits per heavy atom. The van der Waals surface area contributed by atoms with E-state index in [1.54, 1.807) is 0 Å². The Morgan fingerprint density at radius 3 is 2.48 bits per heavy atom. The smallest absolute Gasteiger partial charge is 0.328 e. The van der Waals surface area contributed by atoms with E-state index in [4.69, 9.17) is 0 Å². The van der Waals surface area contributed by atoms with Gasteiger partial charge in [-0.2, -0.15) is 5.10 Å². The van der Waals surface area contributed by atoms with Crippen LogP contribution in [-0.2, 0) is 0 Å². The number of H-pyrrole nitrogens is 2. The van der Waals surface area contributed by atoms with E-state index in [1.807, 2.05) is 9.97 Å². The fourth-order valence-electron chi connectivity index (χ4n) is 1.56. The number of hydrogen-bond acceptors (Lipinski definition) is 7. The second kappa shape index (κ2) is 6.34. The summed E-state index contributed by atoms with van der Waals surface area (Å²) in [5.74, 6) is -1.39. The molecule has 0 spiro atoms. The molecule has 0 aliphatic heterocycles. The summed E-state index contributed by atoms with van der Waals surface area (Å²) < 4.78 is 0. The molecule has 0 bridgehead atoms. The molecule has 0 atom stereocenters. The number of rotatable bonds is 4. The second-order valence-corrected chi connectivity index (χ2v) is 4.17. The molecule has 2 aromatic rings. The van der Waals surface area contributed by atoms with Crippen LogP contribution in [0, 0.1) is 10.1 Å². The van der Waals surface area contributed by atoms with Crippen molar-refractivity contribution in [2.24, 2.45) is 5.10 Å². The molecule has 0 aliphatic rings. The molecule has 0 fully saturated rings. The molecule has 118 valence electrons. The van der Waals surface area contributed by atoms with Gasteiger partial charge in [0, 0.05) is 17.7 Å². The number of aromatic nitrogens is 2. The molecular formula is C12H9N5O6. The van der Waals surface area contributed by atoms with E-state index in [0.29, 0.717) is 0 Å². The van der Waals surface area contributed by atoms with Crippen molar-refractivity contribution in [3.63, 3.8) is 0 Å². The molecule has 23 heavy (non-hydrogen) atoms. The molecule has 0 unspecified atom stereocenters. The Labute approximate surface area is 126 Å². The van der Waals surface area contributed by atoms with Gasteiger partial charge < -0.3 is 5.11 Å². The molecule has 1 aromatic carbocycles. The highest BCUT2D eigenvalue weighted by Crippen LogP contribution is 2.11. The molecule has 1 amide bonds. The van der Waals surface area contributed by atoms with Crippen LogP contribution in [0.5, 0.6) is 5.88 Å². The third-order valence-corrected chi connectivity index (χ3v) is 2.66. The van der Waals surface area contributed by atoms with E-state index < -0.39 is 28.0 Å². The Hall–Kier alpha value is -3.76. The minimum atomic E-state index is -0.889. The number of non-ortho nitro benzene ring substituents is 1. The summed E-state index contributed by atoms with van der Waals surface area (Å²) in [5.41, 5.74) is -0.129. The summed E-state index contributed by atoms with van der Waals surface area (Å²) in [6.45, 7) is 0. The van der Waals surface area contributed by atoms with Gasteiger partial charge in [0.15, 0.2) is 0 Å². The van der Waals surface area contributed by atoms with E-state index in [-0.39, 0.29) is 16.8 Å². The Morgan fingerprint density at radius 1 is 1.26 bits per heavy atom. The summed E-state index contributed by atoms with van der Waals surface area (Å²) in [6.07, 6.45) is 0.841. The van der Waals surface area contributed by atoms with Gasteiger partial charge in [-0.3, -0.25) is 29.7 Å². The summed E-state index contributed by atoms with van der Waals surface area (Å²) in [7, 11) is 0. The quantitative estimate of drug-likeness (QED) is 0.334. The van der Waals surface area contributed by atoms with Crippen LogP contribution in [0.3, 0.4) is 0 Å². The van der Waals surface area contributed by atoms with E-state index in [9.17, 15) is 29.6 Å². The van der Waals surface area contributed by atoms with Gasteiger partial charge >= 0.3 is 5.69 Å². The lowest BCUT2D eigenvalue weighted by atomic mass is 10.2. The van der Waals surface area contributed by atoms with Gasteiger partial charge in [0.1, 0.15) is 5.56 Å². The number of hydrogen-bond donors (Lipinski definition) is 4. The monoisotopic (exact) mass is 319 g/mol. The van der Waals surface area contributed by atoms with Crippen molar-refractivity contribution in [2.75, 3.05) is 0 Å². The Bertz CT molecular complexity index is 895. The first kappa shape index (κ1) is 15.6. The largest absolute Gasteiger partial charge is 0.494 e. The fourth-order valence-corrected chi connectivity index (χ4v) is 1.56. The van der Waals surface area contributed by atoms with Crippen molar-refractivity contribution in [1.29, 1.82) is 0 Å². The topological polar surface area (TPSA) is 171 Å². The third kappa shape index (κ3) is 3.66. The molecule has 11 heteroatoms. The Kier molecular flexibility index (Phi) is 4.31. The van der Waals surface area contributed by atoms with Gasteiger partial charge in [-0.1, -0.05) is 0 Å². The van der Waals surface area contributed by atoms with Gasteiger partial charge in [-0.15, -0.1) is 0 Å². The van der Waals surface area contributed by atoms with Gasteiger partial charge in [-0.05, 0) is 12.1 Å². The van der Waals surface area contributed by atoms with Crippen LogP contribution in [0.4, 0.5) is 5.69 Å². The SMILES string of the molecule is O=C(N/N=C\c1c(O)[nH]c(=O)[nH]c1=O)c1ccc([N+](=O)[O-])cc1. The lowest BCUT2D eigenvalue weighted by Gasteiger charge is -2.00. The number of hydrazone groups is 1. The molecular weight excluding hydrogens is 310 g/mol. The number of aromatic hydroxyl groups is 1. The van der Waals surface area contributed by atoms with Crippen molar-refractivity contribution in [3.8, 4) is 5.88 Å². The summed E-state index contributed by atoms with van der Waals surface area (Å²) in [5, 5.41) is 23.4. The van der Waals surface area contributed by atoms with Crippen molar-refractivity contribution < 1.29 is 14.8 Å². The van der Waals surface area contributed by atoms with E-state index in [2.05, 4.69) is 10.5 Å². The zero-order valence-corrected chi connectivity index (χ0v) is 11.3. The number of nitro groups is 1. The highest BCUT2D eigenvalue weighted by atomic mass is 16.6. The number of carbonyl (C=O) groups is 1. The maximum atomic E-state index is 11.7. The van der Waals surface area contributed by atoms with Crippen LogP contribution in [0.2, 0.25) is 0 Å². The molecule has 0 radical (unpaired) electrons. The number of nitrogens with one attached hydrogen (secondary N) is 3. The van der Waals surface area contributed by atoms with Gasteiger partial charge in [0.05, 0.1) is 11.1 Å². The average molecular weight is 319 g/mol. The van der Waals surface area contributed by atoms with E-state index in [1.165, 1.54) is 12.1 Å². The highest BCUT2D eigenvalue weighted by molar-refractivity contribution is 5.95. The molecule has 0 aliphatic carbocycles. The van der Waals surface area contributed by atoms with Crippen molar-refractivity contribution >= 4 is 17.8 Å². The molecule has 11 nitrogen and oxygen atoms in total. The summed E-state index contributed by atoms with van der Waals surface area (Å²) in [4.78, 5) is 47.7. The zero-order chi connectivity index (χ0) is 17.0. The fraction of sp³-hybridized carbons (Fsp3) is 0. The lowest BCUT2D eigenvalue weighted by molar-refractivity contribution is -0.384. The molecule has 1 aromatic heterocycles. The number of benzene rings is 1. The predicted octanol–water partition coefficient (Wildman–Crippen LogP) is -0.559. The van der Waals surface area contributed by atoms with Crippen LogP contribution < -0.4 is 16.7 Å².